The van der Waals surface area contributed by atoms with Crippen molar-refractivity contribution in [1.82, 2.24) is 74.3 Å². The molecule has 0 bridgehead atoms. The van der Waals surface area contributed by atoms with E-state index in [1.54, 1.807) is 12.4 Å². The van der Waals surface area contributed by atoms with E-state index in [4.69, 9.17) is 72.3 Å². The van der Waals surface area contributed by atoms with E-state index in [9.17, 15) is 43.3 Å². The SMILES string of the molecule is C=C(F)C(=O)N1CCN(c2nc(OC[C@@H]3CC(c4cnc(N5CCc6c(nc(OC[C@@H]7CC(c8cc(N9CCc%10c(nc(OC[C@@H]%11CCCN%11C)nc%10N%10CCN(C(=O)C(=C)F)[C@@H](CC#N)C%10)C9)c9c(Cl)nccc9c8)CN7C)nc6N6CCN(C(=O)C(=C)F)[C@@H](CC#N)C6)C5)c5c(Br)cccc45)CN3C)nc3c2CCN(c2cncc4cccc(Cl)c24)C3)C[C@@H]1CC#N. The van der Waals surface area contributed by atoms with Crippen molar-refractivity contribution < 1.29 is 41.8 Å². The molecule has 6 fully saturated rings. The number of likely N-dealkylation sites (N-methyl/N-ethyl adjacent to an activating group) is 3. The van der Waals surface area contributed by atoms with Crippen LogP contribution >= 0.6 is 39.1 Å². The Labute approximate surface area is 763 Å². The average molecular weight is 1860 g/mol. The number of ether oxygens (including phenoxy) is 3. The largest absolute Gasteiger partial charge is 0.462 e. The smallest absolute Gasteiger partial charge is 0.318 e. The third-order valence-electron chi connectivity index (χ3n) is 27.4. The molecular formula is C93H98BrCl2F3N24O6. The highest BCUT2D eigenvalue weighted by molar-refractivity contribution is 9.10. The van der Waals surface area contributed by atoms with Crippen LogP contribution in [0.3, 0.4) is 0 Å². The van der Waals surface area contributed by atoms with Crippen molar-refractivity contribution in [3.05, 3.63) is 176 Å². The molecule has 9 aliphatic heterocycles. The summed E-state index contributed by atoms with van der Waals surface area (Å²) in [4.78, 5) is 109. The summed E-state index contributed by atoms with van der Waals surface area (Å²) in [6.07, 6.45) is 12.3. The van der Waals surface area contributed by atoms with Gasteiger partial charge in [-0.25, -0.2) is 23.1 Å². The molecule has 6 saturated heterocycles. The zero-order valence-electron chi connectivity index (χ0n) is 72.1. The highest BCUT2D eigenvalue weighted by atomic mass is 79.9. The molecule has 2 unspecified atom stereocenters. The first-order chi connectivity index (χ1) is 62.5. The first-order valence-electron chi connectivity index (χ1n) is 43.9. The lowest BCUT2D eigenvalue weighted by Crippen LogP contribution is -2.55. The van der Waals surface area contributed by atoms with Gasteiger partial charge in [0, 0.05) is 183 Å². The number of likely N-dealkylation sites (tertiary alicyclic amines) is 3. The van der Waals surface area contributed by atoms with Gasteiger partial charge in [-0.15, -0.1) is 0 Å². The molecular weight excluding hydrogens is 1760 g/mol. The van der Waals surface area contributed by atoms with Crippen LogP contribution in [0, 0.1) is 34.0 Å². The quantitative estimate of drug-likeness (QED) is 0.0424. The number of carbonyl (C=O) groups is 3. The van der Waals surface area contributed by atoms with E-state index in [0.29, 0.717) is 132 Å². The first-order valence-corrected chi connectivity index (χ1v) is 45.4. The van der Waals surface area contributed by atoms with Crippen LogP contribution in [0.2, 0.25) is 10.2 Å². The minimum absolute atomic E-state index is 0.00696. The van der Waals surface area contributed by atoms with Crippen LogP contribution in [-0.4, -0.2) is 267 Å². The lowest BCUT2D eigenvalue weighted by Gasteiger charge is -2.42. The number of halogens is 6. The number of hydrogen-bond acceptors (Lipinski definition) is 27. The van der Waals surface area contributed by atoms with Crippen molar-refractivity contribution >= 4 is 124 Å². The first kappa shape index (κ1) is 87.8. The predicted octanol–water partition coefficient (Wildman–Crippen LogP) is 11.9. The molecule has 129 heavy (non-hydrogen) atoms. The van der Waals surface area contributed by atoms with Crippen LogP contribution in [0.5, 0.6) is 18.0 Å². The van der Waals surface area contributed by atoms with E-state index in [2.05, 4.69) is 147 Å². The predicted molar refractivity (Wildman–Crippen MR) is 488 cm³/mol. The lowest BCUT2D eigenvalue weighted by molar-refractivity contribution is -0.132. The Kier molecular flexibility index (Phi) is 25.4. The van der Waals surface area contributed by atoms with Crippen LogP contribution in [-0.2, 0) is 53.3 Å². The molecule has 668 valence electrons. The number of nitriles is 3. The molecule has 6 aromatic heterocycles. The molecule has 8 atom stereocenters. The third-order valence-corrected chi connectivity index (χ3v) is 28.7. The second-order valence-electron chi connectivity index (χ2n) is 35.1. The summed E-state index contributed by atoms with van der Waals surface area (Å²) in [5, 5.41) is 36.5. The maximum Gasteiger partial charge on any atom is 0.318 e. The molecule has 9 aliphatic rings. The number of benzene rings is 3. The highest BCUT2D eigenvalue weighted by Crippen LogP contribution is 2.46. The number of piperazine rings is 3. The van der Waals surface area contributed by atoms with Crippen LogP contribution in [0.25, 0.3) is 32.3 Å². The van der Waals surface area contributed by atoms with Crippen molar-refractivity contribution in [2.24, 2.45) is 0 Å². The fourth-order valence-corrected chi connectivity index (χ4v) is 21.8. The monoisotopic (exact) mass is 1850 g/mol. The number of nitrogens with zero attached hydrogens (tertiary/aromatic N) is 24. The second-order valence-corrected chi connectivity index (χ2v) is 36.7. The molecule has 15 heterocycles. The zero-order chi connectivity index (χ0) is 89.7. The Morgan fingerprint density at radius 2 is 0.977 bits per heavy atom. The number of pyridine rings is 3. The summed E-state index contributed by atoms with van der Waals surface area (Å²) in [6.45, 7) is 17.9. The molecule has 0 aliphatic carbocycles. The average Bonchev–Trinajstić information content (AvgIpc) is 1.66. The number of aromatic nitrogens is 9. The van der Waals surface area contributed by atoms with Crippen molar-refractivity contribution in [1.29, 1.82) is 15.8 Å². The Morgan fingerprint density at radius 1 is 0.488 bits per heavy atom. The van der Waals surface area contributed by atoms with Gasteiger partial charge in [0.05, 0.1) is 109 Å². The number of hydrogen-bond donors (Lipinski definition) is 0. The van der Waals surface area contributed by atoms with Gasteiger partial charge >= 0.3 is 18.0 Å². The second kappa shape index (κ2) is 37.3. The molecule has 0 radical (unpaired) electrons. The maximum atomic E-state index is 14.7. The summed E-state index contributed by atoms with van der Waals surface area (Å²) in [6, 6.07) is 23.7. The Bertz CT molecular complexity index is 6100. The van der Waals surface area contributed by atoms with Gasteiger partial charge in [-0.1, -0.05) is 89.2 Å². The molecule has 0 spiro atoms. The zero-order valence-corrected chi connectivity index (χ0v) is 75.2. The number of rotatable bonds is 23. The molecule has 0 saturated carbocycles. The molecule has 3 aromatic carbocycles. The van der Waals surface area contributed by atoms with E-state index in [1.165, 1.54) is 14.7 Å². The Balaban J connectivity index is 0.600. The van der Waals surface area contributed by atoms with Crippen LogP contribution in [0.1, 0.15) is 102 Å². The maximum absolute atomic E-state index is 14.7. The van der Waals surface area contributed by atoms with Crippen molar-refractivity contribution in [3.8, 4) is 36.2 Å². The van der Waals surface area contributed by atoms with Gasteiger partial charge in [-0.05, 0) is 125 Å². The molecule has 9 aromatic rings. The van der Waals surface area contributed by atoms with Crippen molar-refractivity contribution in [2.45, 2.75) is 132 Å². The van der Waals surface area contributed by atoms with E-state index in [1.807, 2.05) is 48.8 Å². The van der Waals surface area contributed by atoms with Gasteiger partial charge in [0.1, 0.15) is 48.2 Å². The van der Waals surface area contributed by atoms with Gasteiger partial charge in [-0.3, -0.25) is 29.2 Å². The van der Waals surface area contributed by atoms with Gasteiger partial charge < -0.3 is 63.2 Å². The van der Waals surface area contributed by atoms with Gasteiger partial charge in [0.15, 0.2) is 17.5 Å². The van der Waals surface area contributed by atoms with E-state index in [0.717, 1.165) is 118 Å². The van der Waals surface area contributed by atoms with Crippen LogP contribution < -0.4 is 43.6 Å². The molecule has 18 rings (SSSR count). The molecule has 3 amide bonds. The fraction of sp³-hybridized carbons (Fsp3) is 0.452. The van der Waals surface area contributed by atoms with Crippen molar-refractivity contribution in [2.75, 3.05) is 169 Å². The fourth-order valence-electron chi connectivity index (χ4n) is 20.7. The summed E-state index contributed by atoms with van der Waals surface area (Å²) in [5.74, 6) is -3.00. The normalized spacial score (nSPS) is 22.1. The summed E-state index contributed by atoms with van der Waals surface area (Å²) in [7, 11) is 6.28. The molecule has 0 N–H and O–H groups in total. The van der Waals surface area contributed by atoms with Crippen molar-refractivity contribution in [3.63, 3.8) is 0 Å². The summed E-state index contributed by atoms with van der Waals surface area (Å²) in [5.41, 5.74) is 8.93. The standard InChI is InChI=1S/C93H98BrCl2F3N24O6/c1-54(97)88(124)121-33-30-118(45-62(121)15-22-100)84-69-19-27-115(48-75(69)106-91(109-84)127-51-65-11-9-26-112(65)4)78-39-59(36-57-18-25-104-83(96)81(57)78)60-37-66(113(5)43-60)52-128-93-108-77-50-117(29-21-71(77)86(111-93)120-32-35-123(90(126)56(3)99)64(47-120)17-24-102)87-82-68(12-8-13-73(82)94)72(41-105-87)61-38-67(114(6)44-61)53-129-92-107-76-49-116(79-42-103-40-58-10-7-14-74(95)80(58)79)28-20-70(76)85(110-92)119-31-34-122(89(125)55(2)98)63(46-119)16-23-101/h7-8,10,12-14,18,25,36,39-42,60-67H,1-3,9,11,15-17,19-21,26-35,37-38,43-53H2,4-6H3/t60?,61?,62-,63-,64-,65-,66-,67-/m0/s1. The van der Waals surface area contributed by atoms with E-state index >= 15 is 0 Å². The summed E-state index contributed by atoms with van der Waals surface area (Å²) >= 11 is 18.1. The molecule has 30 nitrogen and oxygen atoms in total. The number of amides is 3. The third kappa shape index (κ3) is 17.6. The topological polar surface area (TPSA) is 305 Å². The number of carbonyl (C=O) groups excluding carboxylic acids is 3. The minimum atomic E-state index is -1.09. The van der Waals surface area contributed by atoms with Crippen LogP contribution in [0.15, 0.2) is 121 Å². The highest BCUT2D eigenvalue weighted by Gasteiger charge is 2.43. The van der Waals surface area contributed by atoms with Crippen LogP contribution in [0.4, 0.5) is 47.8 Å². The Hall–Kier alpha value is -11.8. The molecule has 36 heteroatoms. The number of fused-ring (bicyclic) bond motifs is 6. The van der Waals surface area contributed by atoms with Gasteiger partial charge in [0.2, 0.25) is 0 Å². The van der Waals surface area contributed by atoms with E-state index in [-0.39, 0.29) is 126 Å². The van der Waals surface area contributed by atoms with E-state index < -0.39 is 53.3 Å². The summed E-state index contributed by atoms with van der Waals surface area (Å²) < 4.78 is 64.6. The Morgan fingerprint density at radius 3 is 1.49 bits per heavy atom. The van der Waals surface area contributed by atoms with Gasteiger partial charge in [0.25, 0.3) is 17.7 Å². The van der Waals surface area contributed by atoms with Gasteiger partial charge in [-0.2, -0.15) is 45.7 Å². The lowest BCUT2D eigenvalue weighted by atomic mass is 9.92. The number of anilines is 6. The minimum Gasteiger partial charge on any atom is -0.462 e.